The fraction of sp³-hybridized carbons (Fsp3) is 0.684. The zero-order chi connectivity index (χ0) is 15.2. The highest BCUT2D eigenvalue weighted by Crippen LogP contribution is 2.33. The van der Waals surface area contributed by atoms with Gasteiger partial charge >= 0.3 is 0 Å². The van der Waals surface area contributed by atoms with Crippen molar-refractivity contribution in [3.05, 3.63) is 34.4 Å². The summed E-state index contributed by atoms with van der Waals surface area (Å²) >= 11 is 2.20. The Kier molecular flexibility index (Phi) is 6.63. The fourth-order valence-corrected chi connectivity index (χ4v) is 5.01. The van der Waals surface area contributed by atoms with E-state index in [2.05, 4.69) is 56.9 Å². The maximum absolute atomic E-state index is 3.79. The molecule has 1 aromatic carbocycles. The third-order valence-corrected chi connectivity index (χ3v) is 6.00. The van der Waals surface area contributed by atoms with Crippen molar-refractivity contribution in [3.8, 4) is 0 Å². The Bertz CT molecular complexity index is 426. The molecule has 1 aromatic rings. The van der Waals surface area contributed by atoms with E-state index in [0.717, 1.165) is 11.8 Å². The maximum Gasteiger partial charge on any atom is 0.0417 e. The number of thioether (sulfide) groups is 1. The molecule has 1 unspecified atom stereocenters. The van der Waals surface area contributed by atoms with E-state index in [4.69, 9.17) is 0 Å². The van der Waals surface area contributed by atoms with E-state index >= 15 is 0 Å². The second kappa shape index (κ2) is 8.24. The third-order valence-electron chi connectivity index (χ3n) is 4.53. The molecular formula is C19H31NS. The lowest BCUT2D eigenvalue weighted by atomic mass is 9.95. The predicted molar refractivity (Wildman–Crippen MR) is 96.4 cm³/mol. The largest absolute Gasteiger partial charge is 0.309 e. The van der Waals surface area contributed by atoms with Crippen molar-refractivity contribution in [2.24, 2.45) is 0 Å². The fourth-order valence-electron chi connectivity index (χ4n) is 3.59. The van der Waals surface area contributed by atoms with Crippen LogP contribution < -0.4 is 5.32 Å². The number of benzene rings is 1. The standard InChI is InChI=1S/C19H31NS/c1-5-10-20-18(13-21-17-8-6-7-9-17)19-15(3)11-14(2)12-16(19)4/h11-12,17-18,20H,5-10,13H2,1-4H3. The van der Waals surface area contributed by atoms with Gasteiger partial charge in [0.1, 0.15) is 0 Å². The van der Waals surface area contributed by atoms with Gasteiger partial charge < -0.3 is 5.32 Å². The van der Waals surface area contributed by atoms with Gasteiger partial charge in [-0.15, -0.1) is 0 Å². The normalized spacial score (nSPS) is 17.3. The molecule has 1 N–H and O–H groups in total. The molecule has 0 radical (unpaired) electrons. The second-order valence-corrected chi connectivity index (χ2v) is 7.89. The number of rotatable bonds is 7. The van der Waals surface area contributed by atoms with E-state index < -0.39 is 0 Å². The van der Waals surface area contributed by atoms with Crippen LogP contribution in [0.2, 0.25) is 0 Å². The highest BCUT2D eigenvalue weighted by atomic mass is 32.2. The van der Waals surface area contributed by atoms with E-state index in [-0.39, 0.29) is 0 Å². The number of hydrogen-bond donors (Lipinski definition) is 1. The summed E-state index contributed by atoms with van der Waals surface area (Å²) < 4.78 is 0. The van der Waals surface area contributed by atoms with Crippen molar-refractivity contribution >= 4 is 11.8 Å². The summed E-state index contributed by atoms with van der Waals surface area (Å²) in [5.74, 6) is 1.22. The van der Waals surface area contributed by atoms with Crippen LogP contribution in [-0.4, -0.2) is 17.5 Å². The maximum atomic E-state index is 3.79. The molecule has 2 rings (SSSR count). The summed E-state index contributed by atoms with van der Waals surface area (Å²) in [6.45, 7) is 10.1. The smallest absolute Gasteiger partial charge is 0.0417 e. The Labute approximate surface area is 135 Å². The van der Waals surface area contributed by atoms with E-state index in [1.54, 1.807) is 5.56 Å². The van der Waals surface area contributed by atoms with Gasteiger partial charge in [0.15, 0.2) is 0 Å². The number of aryl methyl sites for hydroxylation is 3. The number of nitrogens with one attached hydrogen (secondary N) is 1. The number of hydrogen-bond acceptors (Lipinski definition) is 2. The van der Waals surface area contributed by atoms with Gasteiger partial charge in [-0.25, -0.2) is 0 Å². The molecule has 21 heavy (non-hydrogen) atoms. The molecular weight excluding hydrogens is 274 g/mol. The Morgan fingerprint density at radius 3 is 2.33 bits per heavy atom. The van der Waals surface area contributed by atoms with Crippen molar-refractivity contribution in [1.82, 2.24) is 5.32 Å². The Hall–Kier alpha value is -0.470. The van der Waals surface area contributed by atoms with Gasteiger partial charge in [0.2, 0.25) is 0 Å². The average Bonchev–Trinajstić information content (AvgIpc) is 2.93. The summed E-state index contributed by atoms with van der Waals surface area (Å²) in [6, 6.07) is 5.18. The van der Waals surface area contributed by atoms with Gasteiger partial charge in [0.25, 0.3) is 0 Å². The first kappa shape index (κ1) is 16.9. The molecule has 1 aliphatic carbocycles. The topological polar surface area (TPSA) is 12.0 Å². The van der Waals surface area contributed by atoms with Gasteiger partial charge in [0.05, 0.1) is 0 Å². The summed E-state index contributed by atoms with van der Waals surface area (Å²) in [5.41, 5.74) is 5.83. The minimum absolute atomic E-state index is 0.510. The molecule has 1 aliphatic rings. The summed E-state index contributed by atoms with van der Waals surface area (Å²) in [7, 11) is 0. The van der Waals surface area contributed by atoms with Crippen LogP contribution in [0.25, 0.3) is 0 Å². The van der Waals surface area contributed by atoms with E-state index in [1.165, 1.54) is 54.5 Å². The summed E-state index contributed by atoms with van der Waals surface area (Å²) in [6.07, 6.45) is 6.93. The van der Waals surface area contributed by atoms with Crippen LogP contribution in [-0.2, 0) is 0 Å². The minimum atomic E-state index is 0.510. The average molecular weight is 306 g/mol. The second-order valence-electron chi connectivity index (χ2n) is 6.56. The van der Waals surface area contributed by atoms with Crippen LogP contribution in [0.15, 0.2) is 12.1 Å². The highest BCUT2D eigenvalue weighted by molar-refractivity contribution is 7.99. The van der Waals surface area contributed by atoms with Gasteiger partial charge in [-0.05, 0) is 63.3 Å². The molecule has 0 heterocycles. The van der Waals surface area contributed by atoms with Crippen molar-refractivity contribution < 1.29 is 0 Å². The zero-order valence-corrected chi connectivity index (χ0v) is 15.0. The van der Waals surface area contributed by atoms with Crippen molar-refractivity contribution in [2.45, 2.75) is 71.1 Å². The third kappa shape index (κ3) is 4.75. The molecule has 0 spiro atoms. The zero-order valence-electron chi connectivity index (χ0n) is 14.2. The van der Waals surface area contributed by atoms with Gasteiger partial charge in [-0.1, -0.05) is 37.5 Å². The quantitative estimate of drug-likeness (QED) is 0.731. The van der Waals surface area contributed by atoms with Crippen LogP contribution in [0.4, 0.5) is 0 Å². The van der Waals surface area contributed by atoms with Gasteiger partial charge in [-0.2, -0.15) is 11.8 Å². The molecule has 1 fully saturated rings. The molecule has 0 bridgehead atoms. The first-order chi connectivity index (χ1) is 10.1. The van der Waals surface area contributed by atoms with E-state index in [0.29, 0.717) is 6.04 Å². The van der Waals surface area contributed by atoms with Crippen LogP contribution in [0.5, 0.6) is 0 Å². The predicted octanol–water partition coefficient (Wildman–Crippen LogP) is 5.33. The van der Waals surface area contributed by atoms with Crippen LogP contribution in [0.3, 0.4) is 0 Å². The molecule has 0 aromatic heterocycles. The van der Waals surface area contributed by atoms with Crippen molar-refractivity contribution in [2.75, 3.05) is 12.3 Å². The minimum Gasteiger partial charge on any atom is -0.309 e. The molecule has 1 nitrogen and oxygen atoms in total. The van der Waals surface area contributed by atoms with Crippen LogP contribution >= 0.6 is 11.8 Å². The summed E-state index contributed by atoms with van der Waals surface area (Å²) in [5, 5.41) is 4.69. The monoisotopic (exact) mass is 305 g/mol. The van der Waals surface area contributed by atoms with E-state index in [1.807, 2.05) is 0 Å². The van der Waals surface area contributed by atoms with Crippen LogP contribution in [0.1, 0.15) is 67.3 Å². The van der Waals surface area contributed by atoms with Crippen LogP contribution in [0, 0.1) is 20.8 Å². The first-order valence-electron chi connectivity index (χ1n) is 8.54. The molecule has 2 heteroatoms. The Morgan fingerprint density at radius 1 is 1.14 bits per heavy atom. The Morgan fingerprint density at radius 2 is 1.76 bits per heavy atom. The first-order valence-corrected chi connectivity index (χ1v) is 9.59. The Balaban J connectivity index is 2.10. The van der Waals surface area contributed by atoms with E-state index in [9.17, 15) is 0 Å². The molecule has 118 valence electrons. The van der Waals surface area contributed by atoms with Crippen molar-refractivity contribution in [3.63, 3.8) is 0 Å². The lowest BCUT2D eigenvalue weighted by molar-refractivity contribution is 0.572. The molecule has 1 saturated carbocycles. The lowest BCUT2D eigenvalue weighted by Crippen LogP contribution is -2.26. The SMILES string of the molecule is CCCNC(CSC1CCCC1)c1c(C)cc(C)cc1C. The van der Waals surface area contributed by atoms with Crippen molar-refractivity contribution in [1.29, 1.82) is 0 Å². The molecule has 0 amide bonds. The lowest BCUT2D eigenvalue weighted by Gasteiger charge is -2.24. The highest BCUT2D eigenvalue weighted by Gasteiger charge is 2.20. The summed E-state index contributed by atoms with van der Waals surface area (Å²) in [4.78, 5) is 0. The molecule has 1 atom stereocenters. The molecule has 0 saturated heterocycles. The van der Waals surface area contributed by atoms with Gasteiger partial charge in [0, 0.05) is 17.0 Å². The van der Waals surface area contributed by atoms with Gasteiger partial charge in [-0.3, -0.25) is 0 Å². The molecule has 0 aliphatic heterocycles.